The molecule has 0 saturated heterocycles. The van der Waals surface area contributed by atoms with Crippen LogP contribution in [0.5, 0.6) is 0 Å². The van der Waals surface area contributed by atoms with Crippen LogP contribution in [0, 0.1) is 10.8 Å². The predicted molar refractivity (Wildman–Crippen MR) is 361 cm³/mol. The van der Waals surface area contributed by atoms with Gasteiger partial charge >= 0.3 is 35.8 Å². The lowest BCUT2D eigenvalue weighted by atomic mass is 9.91. The Kier molecular flexibility index (Phi) is 45.5. The van der Waals surface area contributed by atoms with E-state index in [2.05, 4.69) is 75.8 Å². The molecule has 0 saturated carbocycles. The summed E-state index contributed by atoms with van der Waals surface area (Å²) >= 11 is 25.1. The maximum absolute atomic E-state index is 10.3. The van der Waals surface area contributed by atoms with Crippen molar-refractivity contribution in [2.45, 2.75) is 70.0 Å². The fraction of sp³-hybridized carbons (Fsp3) is 0.344. The first kappa shape index (κ1) is 83.0. The Morgan fingerprint density at radius 3 is 0.494 bits per heavy atom. The van der Waals surface area contributed by atoms with E-state index < -0.39 is 86.3 Å². The maximum atomic E-state index is 10.3. The number of benzene rings is 6. The molecule has 0 radical (unpaired) electrons. The second kappa shape index (κ2) is 48.8. The number of thiol groups is 6. The van der Waals surface area contributed by atoms with Gasteiger partial charge in [-0.05, 0) is 33.4 Å². The summed E-state index contributed by atoms with van der Waals surface area (Å²) in [5.74, 6) is -4.92. The second-order valence-electron chi connectivity index (χ2n) is 19.6. The molecule has 0 aliphatic rings. The molecule has 0 spiro atoms. The highest BCUT2D eigenvalue weighted by molar-refractivity contribution is 7.81. The fourth-order valence-corrected chi connectivity index (χ4v) is 8.78. The standard InChI is InChI=1S/C10H22O7.6C9H10O2S/c11-1-9(2-12,3-13)7-17-8-10(4-14,5-15)6-16;6*10-9(11)6-8(12)7-4-2-1-3-5-7/h11-16H,1-8H2;6*1-5,8,12H,6H2,(H,10,11). The molecule has 0 bridgehead atoms. The topological polar surface area (TPSA) is 354 Å². The maximum Gasteiger partial charge on any atom is 0.304 e. The van der Waals surface area contributed by atoms with Crippen LogP contribution in [0.25, 0.3) is 0 Å². The molecule has 0 heterocycles. The predicted octanol–water partition coefficient (Wildman–Crippen LogP) is 9.72. The molecular weight excluding hydrogens is 1270 g/mol. The van der Waals surface area contributed by atoms with Crippen LogP contribution < -0.4 is 0 Å². The van der Waals surface area contributed by atoms with Crippen LogP contribution in [0.2, 0.25) is 0 Å². The highest BCUT2D eigenvalue weighted by Gasteiger charge is 2.33. The zero-order valence-electron chi connectivity index (χ0n) is 48.6. The van der Waals surface area contributed by atoms with E-state index in [-0.39, 0.29) is 83.2 Å². The number of ether oxygens (including phenoxy) is 1. The molecule has 19 nitrogen and oxygen atoms in total. The lowest BCUT2D eigenvalue weighted by Gasteiger charge is -2.31. The molecule has 0 amide bonds. The van der Waals surface area contributed by atoms with E-state index >= 15 is 0 Å². The number of rotatable bonds is 28. The van der Waals surface area contributed by atoms with Gasteiger partial charge in [0.25, 0.3) is 0 Å². The number of carbonyl (C=O) groups is 6. The molecule has 0 aliphatic heterocycles. The van der Waals surface area contributed by atoms with Gasteiger partial charge in [-0.2, -0.15) is 75.8 Å². The molecule has 6 unspecified atom stereocenters. The minimum absolute atomic E-state index is 0.0626. The van der Waals surface area contributed by atoms with Crippen LogP contribution in [0.1, 0.15) is 103 Å². The normalized spacial score (nSPS) is 12.5. The Labute approximate surface area is 552 Å². The largest absolute Gasteiger partial charge is 0.481 e. The summed E-state index contributed by atoms with van der Waals surface area (Å²) < 4.78 is 5.15. The number of aliphatic hydroxyl groups excluding tert-OH is 6. The van der Waals surface area contributed by atoms with E-state index in [1.807, 2.05) is 182 Å². The average molecular weight is 1350 g/mol. The number of aliphatic hydroxyl groups is 6. The van der Waals surface area contributed by atoms with Crippen LogP contribution in [0.3, 0.4) is 0 Å². The van der Waals surface area contributed by atoms with E-state index in [1.54, 1.807) is 0 Å². The van der Waals surface area contributed by atoms with Crippen LogP contribution >= 0.6 is 75.8 Å². The molecule has 0 aromatic heterocycles. The SMILES string of the molecule is O=C(O)CC(S)c1ccccc1.O=C(O)CC(S)c1ccccc1.O=C(O)CC(S)c1ccccc1.O=C(O)CC(S)c1ccccc1.O=C(O)CC(S)c1ccccc1.O=C(O)CC(S)c1ccccc1.OCC(CO)(CO)COCC(CO)(CO)CO. The van der Waals surface area contributed by atoms with Gasteiger partial charge in [-0.1, -0.05) is 182 Å². The van der Waals surface area contributed by atoms with Crippen LogP contribution in [-0.4, -0.2) is 150 Å². The van der Waals surface area contributed by atoms with Crippen LogP contribution in [-0.2, 0) is 33.5 Å². The Morgan fingerprint density at radius 2 is 0.393 bits per heavy atom. The van der Waals surface area contributed by atoms with E-state index in [1.165, 1.54) is 0 Å². The van der Waals surface area contributed by atoms with Gasteiger partial charge in [-0.25, -0.2) is 0 Å². The van der Waals surface area contributed by atoms with Gasteiger partial charge in [0.1, 0.15) is 0 Å². The highest BCUT2D eigenvalue weighted by atomic mass is 32.1. The molecule has 6 aromatic carbocycles. The van der Waals surface area contributed by atoms with Gasteiger partial charge in [0.2, 0.25) is 0 Å². The van der Waals surface area contributed by atoms with E-state index in [0.717, 1.165) is 33.4 Å². The first-order valence-electron chi connectivity index (χ1n) is 27.2. The van der Waals surface area contributed by atoms with Gasteiger partial charge in [0, 0.05) is 31.5 Å². The Bertz CT molecular complexity index is 2350. The molecule has 25 heteroatoms. The Morgan fingerprint density at radius 1 is 0.270 bits per heavy atom. The molecule has 6 atom stereocenters. The summed E-state index contributed by atoms with van der Waals surface area (Å²) in [7, 11) is 0. The van der Waals surface area contributed by atoms with Crippen molar-refractivity contribution >= 4 is 112 Å². The summed E-state index contributed by atoms with van der Waals surface area (Å²) in [6.07, 6.45) is 0.376. The molecule has 6 aromatic rings. The lowest BCUT2D eigenvalue weighted by Crippen LogP contribution is -2.43. The zero-order chi connectivity index (χ0) is 67.2. The van der Waals surface area contributed by atoms with Gasteiger partial charge in [0.15, 0.2) is 0 Å². The third kappa shape index (κ3) is 39.0. The third-order valence-corrected chi connectivity index (χ3v) is 15.0. The zero-order valence-corrected chi connectivity index (χ0v) is 54.0. The number of carboxylic acid groups (broad SMARTS) is 6. The quantitative estimate of drug-likeness (QED) is 0.0203. The van der Waals surface area contributed by atoms with Crippen molar-refractivity contribution in [1.29, 1.82) is 0 Å². The first-order valence-corrected chi connectivity index (χ1v) is 30.3. The van der Waals surface area contributed by atoms with Crippen LogP contribution in [0.15, 0.2) is 182 Å². The van der Waals surface area contributed by atoms with Crippen molar-refractivity contribution in [2.24, 2.45) is 10.8 Å². The Balaban J connectivity index is 0.00000102. The minimum atomic E-state index is -1.16. The van der Waals surface area contributed by atoms with Crippen molar-refractivity contribution in [3.63, 3.8) is 0 Å². The minimum Gasteiger partial charge on any atom is -0.481 e. The van der Waals surface area contributed by atoms with Gasteiger partial charge in [-0.3, -0.25) is 28.8 Å². The lowest BCUT2D eigenvalue weighted by molar-refractivity contribution is -0.138. The van der Waals surface area contributed by atoms with E-state index in [9.17, 15) is 28.8 Å². The summed E-state index contributed by atoms with van der Waals surface area (Å²) in [5.41, 5.74) is 3.36. The fourth-order valence-electron chi connectivity index (χ4n) is 6.81. The molecule has 0 aliphatic carbocycles. The second-order valence-corrected chi connectivity index (χ2v) is 23.3. The van der Waals surface area contributed by atoms with E-state index in [4.69, 9.17) is 66.0 Å². The summed E-state index contributed by atoms with van der Waals surface area (Å²) in [5, 5.41) is 104. The van der Waals surface area contributed by atoms with Crippen molar-refractivity contribution in [2.75, 3.05) is 52.9 Å². The molecule has 12 N–H and O–H groups in total. The van der Waals surface area contributed by atoms with Gasteiger partial charge < -0.3 is 66.0 Å². The van der Waals surface area contributed by atoms with Gasteiger partial charge in [0.05, 0.1) is 102 Å². The molecule has 0 fully saturated rings. The summed E-state index contributed by atoms with van der Waals surface area (Å²) in [6.45, 7) is -3.01. The average Bonchev–Trinajstić information content (AvgIpc) is 3.55. The summed E-state index contributed by atoms with van der Waals surface area (Å²) in [6, 6.07) is 56.4. The van der Waals surface area contributed by atoms with Crippen molar-refractivity contribution in [3.05, 3.63) is 215 Å². The van der Waals surface area contributed by atoms with Crippen molar-refractivity contribution in [1.82, 2.24) is 0 Å². The Hall–Kier alpha value is -6.04. The highest BCUT2D eigenvalue weighted by Crippen LogP contribution is 2.27. The number of aliphatic carboxylic acids is 6. The summed E-state index contributed by atoms with van der Waals surface area (Å²) in [4.78, 5) is 62.0. The molecule has 89 heavy (non-hydrogen) atoms. The molecule has 6 rings (SSSR count). The molecular formula is C64H82O19S6. The number of carboxylic acids is 6. The third-order valence-electron chi connectivity index (χ3n) is 12.1. The number of hydrogen-bond acceptors (Lipinski definition) is 19. The number of hydrogen-bond donors (Lipinski definition) is 18. The first-order chi connectivity index (χ1) is 42.3. The molecule has 488 valence electrons. The van der Waals surface area contributed by atoms with Crippen molar-refractivity contribution < 1.29 is 94.8 Å². The smallest absolute Gasteiger partial charge is 0.304 e. The van der Waals surface area contributed by atoms with E-state index in [0.29, 0.717) is 0 Å². The van der Waals surface area contributed by atoms with Crippen LogP contribution in [0.4, 0.5) is 0 Å². The monoisotopic (exact) mass is 1350 g/mol. The van der Waals surface area contributed by atoms with Gasteiger partial charge in [-0.15, -0.1) is 0 Å². The van der Waals surface area contributed by atoms with Crippen molar-refractivity contribution in [3.8, 4) is 0 Å².